The van der Waals surface area contributed by atoms with Gasteiger partial charge in [-0.15, -0.1) is 11.3 Å². The first-order chi connectivity index (χ1) is 12.1. The lowest BCUT2D eigenvalue weighted by Crippen LogP contribution is -2.47. The lowest BCUT2D eigenvalue weighted by molar-refractivity contribution is -0.123. The van der Waals surface area contributed by atoms with Crippen LogP contribution in [0.25, 0.3) is 10.6 Å². The summed E-state index contributed by atoms with van der Waals surface area (Å²) in [4.78, 5) is 30.9. The molecule has 0 radical (unpaired) electrons. The minimum Gasteiger partial charge on any atom is -0.350 e. The van der Waals surface area contributed by atoms with Crippen LogP contribution in [-0.2, 0) is 4.79 Å². The zero-order valence-electron chi connectivity index (χ0n) is 16.3. The molecule has 0 spiro atoms. The van der Waals surface area contributed by atoms with E-state index in [1.807, 2.05) is 46.8 Å². The van der Waals surface area contributed by atoms with Crippen LogP contribution in [0, 0.1) is 13.8 Å². The topological polar surface area (TPSA) is 62.3 Å². The van der Waals surface area contributed by atoms with Gasteiger partial charge in [0.25, 0.3) is 5.91 Å². The largest absolute Gasteiger partial charge is 0.350 e. The molecule has 1 heterocycles. The molecule has 0 atom stereocenters. The summed E-state index contributed by atoms with van der Waals surface area (Å²) < 4.78 is 0. The Morgan fingerprint density at radius 1 is 1.23 bits per heavy atom. The van der Waals surface area contributed by atoms with Gasteiger partial charge >= 0.3 is 0 Å². The van der Waals surface area contributed by atoms with Crippen LogP contribution in [0.5, 0.6) is 0 Å². The lowest BCUT2D eigenvalue weighted by atomic mass is 10.1. The number of amides is 2. The summed E-state index contributed by atoms with van der Waals surface area (Å²) in [5.74, 6) is -0.388. The number of aromatic nitrogens is 1. The van der Waals surface area contributed by atoms with Crippen LogP contribution in [0.1, 0.15) is 49.3 Å². The molecule has 1 aromatic carbocycles. The van der Waals surface area contributed by atoms with Gasteiger partial charge in [0, 0.05) is 23.0 Å². The zero-order chi connectivity index (χ0) is 19.5. The average Bonchev–Trinajstić information content (AvgIpc) is 2.99. The summed E-state index contributed by atoms with van der Waals surface area (Å²) in [6, 6.07) is 6.18. The van der Waals surface area contributed by atoms with E-state index < -0.39 is 0 Å². The molecule has 0 bridgehead atoms. The van der Waals surface area contributed by atoms with Gasteiger partial charge < -0.3 is 10.2 Å². The van der Waals surface area contributed by atoms with E-state index in [9.17, 15) is 9.59 Å². The van der Waals surface area contributed by atoms with Crippen LogP contribution < -0.4 is 5.32 Å². The molecule has 0 saturated carbocycles. The highest BCUT2D eigenvalue weighted by Gasteiger charge is 2.22. The lowest BCUT2D eigenvalue weighted by Gasteiger charge is -2.24. The fourth-order valence-corrected chi connectivity index (χ4v) is 3.55. The van der Waals surface area contributed by atoms with E-state index in [-0.39, 0.29) is 23.9 Å². The molecule has 26 heavy (non-hydrogen) atoms. The van der Waals surface area contributed by atoms with E-state index >= 15 is 0 Å². The highest BCUT2D eigenvalue weighted by atomic mass is 32.1. The Morgan fingerprint density at radius 3 is 2.50 bits per heavy atom. The first-order valence-corrected chi connectivity index (χ1v) is 9.62. The van der Waals surface area contributed by atoms with Gasteiger partial charge in [0.15, 0.2) is 0 Å². The number of thiazole rings is 1. The first kappa shape index (κ1) is 20.1. The molecular formula is C20H27N3O2S. The van der Waals surface area contributed by atoms with Gasteiger partial charge in [-0.05, 0) is 47.1 Å². The van der Waals surface area contributed by atoms with Gasteiger partial charge in [0.2, 0.25) is 5.91 Å². The van der Waals surface area contributed by atoms with Crippen molar-refractivity contribution >= 4 is 23.2 Å². The number of carbonyl (C=O) groups excluding carboxylic acids is 2. The molecule has 0 aliphatic heterocycles. The summed E-state index contributed by atoms with van der Waals surface area (Å²) in [6.07, 6.45) is 0. The summed E-state index contributed by atoms with van der Waals surface area (Å²) in [6.45, 7) is 12.2. The van der Waals surface area contributed by atoms with E-state index in [1.54, 1.807) is 5.38 Å². The molecule has 0 unspecified atom stereocenters. The second-order valence-electron chi connectivity index (χ2n) is 7.47. The third-order valence-corrected chi connectivity index (χ3v) is 4.73. The first-order valence-electron chi connectivity index (χ1n) is 8.74. The third-order valence-electron chi connectivity index (χ3n) is 3.85. The maximum atomic E-state index is 12.8. The Balaban J connectivity index is 2.16. The molecule has 1 aromatic heterocycles. The Morgan fingerprint density at radius 2 is 1.92 bits per heavy atom. The number of benzene rings is 1. The molecule has 6 heteroatoms. The van der Waals surface area contributed by atoms with Crippen LogP contribution in [0.2, 0.25) is 0 Å². The van der Waals surface area contributed by atoms with Crippen molar-refractivity contribution in [2.24, 2.45) is 0 Å². The van der Waals surface area contributed by atoms with Crippen LogP contribution >= 0.6 is 11.3 Å². The molecule has 0 aliphatic rings. The van der Waals surface area contributed by atoms with Crippen molar-refractivity contribution in [2.75, 3.05) is 13.1 Å². The van der Waals surface area contributed by atoms with Gasteiger partial charge in [0.1, 0.15) is 10.7 Å². The highest BCUT2D eigenvalue weighted by Crippen LogP contribution is 2.27. The highest BCUT2D eigenvalue weighted by molar-refractivity contribution is 7.13. The summed E-state index contributed by atoms with van der Waals surface area (Å²) in [7, 11) is 0. The predicted octanol–water partition coefficient (Wildman–Crippen LogP) is 3.80. The second-order valence-corrected chi connectivity index (χ2v) is 8.33. The van der Waals surface area contributed by atoms with E-state index in [1.165, 1.54) is 21.8 Å². The monoisotopic (exact) mass is 373 g/mol. The number of hydrogen-bond donors (Lipinski definition) is 1. The molecule has 0 aliphatic carbocycles. The normalized spacial score (nSPS) is 11.3. The van der Waals surface area contributed by atoms with Gasteiger partial charge in [-0.25, -0.2) is 4.98 Å². The Kier molecular flexibility index (Phi) is 6.18. The quantitative estimate of drug-likeness (QED) is 0.867. The maximum absolute atomic E-state index is 12.8. The number of hydrogen-bond acceptors (Lipinski definition) is 4. The maximum Gasteiger partial charge on any atom is 0.273 e. The molecule has 0 fully saturated rings. The Hall–Kier alpha value is -2.21. The van der Waals surface area contributed by atoms with E-state index in [2.05, 4.69) is 23.3 Å². The van der Waals surface area contributed by atoms with E-state index in [0.717, 1.165) is 16.1 Å². The molecule has 2 aromatic rings. The standard InChI is InChI=1S/C20H27N3O2S/c1-7-23(11-17(24)22-20(4,5)6)19(25)16-12-26-18(21-16)15-9-8-13(2)10-14(15)3/h8-10,12H,7,11H2,1-6H3,(H,22,24). The number of likely N-dealkylation sites (N-methyl/N-ethyl adjacent to an activating group) is 1. The van der Waals surface area contributed by atoms with Crippen LogP contribution in [0.3, 0.4) is 0 Å². The fourth-order valence-electron chi connectivity index (χ4n) is 2.67. The van der Waals surface area contributed by atoms with Crippen molar-refractivity contribution in [1.29, 1.82) is 0 Å². The average molecular weight is 374 g/mol. The number of rotatable bonds is 5. The smallest absolute Gasteiger partial charge is 0.273 e. The number of nitrogens with zero attached hydrogens (tertiary/aromatic N) is 2. The molecule has 5 nitrogen and oxygen atoms in total. The fraction of sp³-hybridized carbons (Fsp3) is 0.450. The molecule has 2 rings (SSSR count). The molecular weight excluding hydrogens is 346 g/mol. The van der Waals surface area contributed by atoms with Gasteiger partial charge in [-0.2, -0.15) is 0 Å². The number of nitrogens with one attached hydrogen (secondary N) is 1. The van der Waals surface area contributed by atoms with Gasteiger partial charge in [0.05, 0.1) is 6.54 Å². The SMILES string of the molecule is CCN(CC(=O)NC(C)(C)C)C(=O)c1csc(-c2ccc(C)cc2C)n1. The predicted molar refractivity (Wildman–Crippen MR) is 106 cm³/mol. The molecule has 2 amide bonds. The second kappa shape index (κ2) is 7.99. The van der Waals surface area contributed by atoms with Gasteiger partial charge in [-0.1, -0.05) is 23.8 Å². The van der Waals surface area contributed by atoms with Crippen LogP contribution in [0.4, 0.5) is 0 Å². The number of aryl methyl sites for hydroxylation is 2. The summed E-state index contributed by atoms with van der Waals surface area (Å²) in [5, 5.41) is 5.47. The van der Waals surface area contributed by atoms with Crippen molar-refractivity contribution in [3.63, 3.8) is 0 Å². The van der Waals surface area contributed by atoms with Crippen molar-refractivity contribution in [3.05, 3.63) is 40.4 Å². The van der Waals surface area contributed by atoms with Crippen molar-refractivity contribution in [3.8, 4) is 10.6 Å². The molecule has 140 valence electrons. The number of carbonyl (C=O) groups is 2. The molecule has 1 N–H and O–H groups in total. The van der Waals surface area contributed by atoms with Crippen molar-refractivity contribution < 1.29 is 9.59 Å². The minimum absolute atomic E-state index is 0.0308. The molecule has 0 saturated heterocycles. The zero-order valence-corrected chi connectivity index (χ0v) is 17.2. The van der Waals surface area contributed by atoms with E-state index in [0.29, 0.717) is 12.2 Å². The summed E-state index contributed by atoms with van der Waals surface area (Å²) in [5.41, 5.74) is 3.43. The van der Waals surface area contributed by atoms with Crippen molar-refractivity contribution in [2.45, 2.75) is 47.1 Å². The third kappa shape index (κ3) is 5.14. The van der Waals surface area contributed by atoms with E-state index in [4.69, 9.17) is 0 Å². The van der Waals surface area contributed by atoms with Gasteiger partial charge in [-0.3, -0.25) is 9.59 Å². The van der Waals surface area contributed by atoms with Crippen molar-refractivity contribution in [1.82, 2.24) is 15.2 Å². The van der Waals surface area contributed by atoms with Crippen LogP contribution in [0.15, 0.2) is 23.6 Å². The van der Waals surface area contributed by atoms with Crippen LogP contribution in [-0.4, -0.2) is 40.3 Å². The Bertz CT molecular complexity index is 806. The summed E-state index contributed by atoms with van der Waals surface area (Å²) >= 11 is 1.45. The minimum atomic E-state index is -0.323. The Labute approximate surface area is 159 Å².